The largest absolute Gasteiger partial charge is 0.299 e. The number of thioether (sulfide) groups is 1. The molecule has 2 unspecified atom stereocenters. The van der Waals surface area contributed by atoms with Crippen LogP contribution < -0.4 is 5.32 Å². The summed E-state index contributed by atoms with van der Waals surface area (Å²) < 4.78 is 1.16. The first-order chi connectivity index (χ1) is 9.72. The van der Waals surface area contributed by atoms with Crippen LogP contribution in [0.2, 0.25) is 0 Å². The molecule has 108 valence electrons. The molecule has 0 saturated heterocycles. The molecule has 1 aliphatic rings. The fraction of sp³-hybridized carbons (Fsp3) is 0.562. The van der Waals surface area contributed by atoms with Gasteiger partial charge in [0, 0.05) is 9.37 Å². The highest BCUT2D eigenvalue weighted by Gasteiger charge is 2.41. The molecule has 0 bridgehead atoms. The number of halogens is 1. The minimum absolute atomic E-state index is 0.275. The molecule has 0 aliphatic heterocycles. The fourth-order valence-corrected chi connectivity index (χ4v) is 4.71. The number of hydrogen-bond donors (Lipinski definition) is 1. The lowest BCUT2D eigenvalue weighted by Crippen LogP contribution is -2.47. The van der Waals surface area contributed by atoms with E-state index in [4.69, 9.17) is 0 Å². The van der Waals surface area contributed by atoms with E-state index in [0.29, 0.717) is 5.92 Å². The number of nitriles is 1. The lowest BCUT2D eigenvalue weighted by molar-refractivity contribution is 0.317. The zero-order valence-electron chi connectivity index (χ0n) is 11.9. The van der Waals surface area contributed by atoms with Crippen molar-refractivity contribution in [1.29, 1.82) is 5.26 Å². The molecule has 0 spiro atoms. The van der Waals surface area contributed by atoms with E-state index in [-0.39, 0.29) is 5.54 Å². The van der Waals surface area contributed by atoms with Gasteiger partial charge in [0.2, 0.25) is 0 Å². The molecule has 0 heterocycles. The molecular formula is C16H21BrN2S. The van der Waals surface area contributed by atoms with Crippen molar-refractivity contribution in [2.75, 3.05) is 12.3 Å². The maximum absolute atomic E-state index is 9.55. The van der Waals surface area contributed by atoms with E-state index in [9.17, 15) is 5.26 Å². The summed E-state index contributed by atoms with van der Waals surface area (Å²) in [4.78, 5) is 1.29. The third kappa shape index (κ3) is 3.58. The van der Waals surface area contributed by atoms with Crippen LogP contribution >= 0.6 is 27.7 Å². The normalized spacial score (nSPS) is 25.6. The Hall–Kier alpha value is -0.500. The van der Waals surface area contributed by atoms with Crippen molar-refractivity contribution in [2.45, 2.75) is 43.0 Å². The van der Waals surface area contributed by atoms with Crippen LogP contribution in [0.3, 0.4) is 0 Å². The van der Waals surface area contributed by atoms with Crippen molar-refractivity contribution in [3.05, 3.63) is 28.7 Å². The fourth-order valence-electron chi connectivity index (χ4n) is 3.08. The molecule has 0 aromatic heterocycles. The molecule has 2 nitrogen and oxygen atoms in total. The Morgan fingerprint density at radius 1 is 1.50 bits per heavy atom. The first kappa shape index (κ1) is 15.9. The molecule has 2 rings (SSSR count). The third-order valence-electron chi connectivity index (χ3n) is 4.07. The molecule has 1 saturated carbocycles. The van der Waals surface area contributed by atoms with Gasteiger partial charge in [0.15, 0.2) is 0 Å². The molecule has 1 aromatic carbocycles. The lowest BCUT2D eigenvalue weighted by atomic mass is 9.86. The SMILES string of the molecule is CCNC1(C#N)CCCC1CCSc1ccccc1Br. The van der Waals surface area contributed by atoms with E-state index in [1.54, 1.807) is 0 Å². The smallest absolute Gasteiger partial charge is 0.109 e. The van der Waals surface area contributed by atoms with Crippen LogP contribution in [-0.4, -0.2) is 17.8 Å². The van der Waals surface area contributed by atoms with Gasteiger partial charge in [0.05, 0.1) is 6.07 Å². The van der Waals surface area contributed by atoms with Gasteiger partial charge in [-0.3, -0.25) is 5.32 Å². The standard InChI is InChI=1S/C16H21BrN2S/c1-2-19-16(12-18)10-5-6-13(16)9-11-20-15-8-4-3-7-14(15)17/h3-4,7-8,13,19H,2,5-6,9-11H2,1H3. The Labute approximate surface area is 134 Å². The average molecular weight is 353 g/mol. The van der Waals surface area contributed by atoms with Crippen molar-refractivity contribution in [3.63, 3.8) is 0 Å². The molecular weight excluding hydrogens is 332 g/mol. The Morgan fingerprint density at radius 2 is 2.30 bits per heavy atom. The topological polar surface area (TPSA) is 35.8 Å². The van der Waals surface area contributed by atoms with E-state index in [0.717, 1.165) is 29.6 Å². The second-order valence-electron chi connectivity index (χ2n) is 5.27. The Kier molecular flexibility index (Phi) is 5.95. The summed E-state index contributed by atoms with van der Waals surface area (Å²) in [5.74, 6) is 1.56. The first-order valence-corrected chi connectivity index (χ1v) is 9.03. The van der Waals surface area contributed by atoms with E-state index < -0.39 is 0 Å². The molecule has 20 heavy (non-hydrogen) atoms. The highest BCUT2D eigenvalue weighted by Crippen LogP contribution is 2.39. The number of benzene rings is 1. The number of nitrogens with one attached hydrogen (secondary N) is 1. The molecule has 1 N–H and O–H groups in total. The monoisotopic (exact) mass is 352 g/mol. The maximum atomic E-state index is 9.55. The highest BCUT2D eigenvalue weighted by molar-refractivity contribution is 9.10. The van der Waals surface area contributed by atoms with E-state index in [1.165, 1.54) is 17.7 Å². The van der Waals surface area contributed by atoms with Gasteiger partial charge in [-0.25, -0.2) is 0 Å². The number of nitrogens with zero attached hydrogens (tertiary/aromatic N) is 1. The van der Waals surface area contributed by atoms with Crippen LogP contribution in [-0.2, 0) is 0 Å². The summed E-state index contributed by atoms with van der Waals surface area (Å²) in [7, 11) is 0. The van der Waals surface area contributed by atoms with Gasteiger partial charge in [0.25, 0.3) is 0 Å². The second kappa shape index (κ2) is 7.49. The summed E-state index contributed by atoms with van der Waals surface area (Å²) >= 11 is 5.46. The van der Waals surface area contributed by atoms with Crippen LogP contribution in [0, 0.1) is 17.2 Å². The molecule has 1 aliphatic carbocycles. The van der Waals surface area contributed by atoms with Gasteiger partial charge < -0.3 is 0 Å². The van der Waals surface area contributed by atoms with Crippen molar-refractivity contribution >= 4 is 27.7 Å². The summed E-state index contributed by atoms with van der Waals surface area (Å²) in [5.41, 5.74) is -0.275. The van der Waals surface area contributed by atoms with Crippen molar-refractivity contribution in [2.24, 2.45) is 5.92 Å². The van der Waals surface area contributed by atoms with Gasteiger partial charge >= 0.3 is 0 Å². The van der Waals surface area contributed by atoms with Crippen LogP contribution in [0.25, 0.3) is 0 Å². The maximum Gasteiger partial charge on any atom is 0.109 e. The Morgan fingerprint density at radius 3 is 3.00 bits per heavy atom. The average Bonchev–Trinajstić information content (AvgIpc) is 2.85. The van der Waals surface area contributed by atoms with Crippen molar-refractivity contribution < 1.29 is 0 Å². The van der Waals surface area contributed by atoms with E-state index in [2.05, 4.69) is 52.4 Å². The van der Waals surface area contributed by atoms with Crippen LogP contribution in [0.1, 0.15) is 32.6 Å². The predicted octanol–water partition coefficient (Wildman–Crippen LogP) is 4.60. The van der Waals surface area contributed by atoms with Gasteiger partial charge in [0.1, 0.15) is 5.54 Å². The predicted molar refractivity (Wildman–Crippen MR) is 88.8 cm³/mol. The summed E-state index contributed by atoms with van der Waals surface area (Å²) in [6.45, 7) is 2.96. The van der Waals surface area contributed by atoms with Crippen LogP contribution in [0.15, 0.2) is 33.6 Å². The second-order valence-corrected chi connectivity index (χ2v) is 7.26. The minimum atomic E-state index is -0.275. The number of hydrogen-bond acceptors (Lipinski definition) is 3. The van der Waals surface area contributed by atoms with Crippen LogP contribution in [0.4, 0.5) is 0 Å². The molecule has 0 amide bonds. The summed E-state index contributed by atoms with van der Waals surface area (Å²) in [6, 6.07) is 10.9. The molecule has 1 fully saturated rings. The van der Waals surface area contributed by atoms with Gasteiger partial charge in [-0.2, -0.15) is 5.26 Å². The van der Waals surface area contributed by atoms with E-state index in [1.807, 2.05) is 17.8 Å². The first-order valence-electron chi connectivity index (χ1n) is 7.25. The lowest BCUT2D eigenvalue weighted by Gasteiger charge is -2.29. The van der Waals surface area contributed by atoms with Crippen LogP contribution in [0.5, 0.6) is 0 Å². The third-order valence-corrected chi connectivity index (χ3v) is 6.13. The molecule has 4 heteroatoms. The molecule has 0 radical (unpaired) electrons. The minimum Gasteiger partial charge on any atom is -0.299 e. The number of rotatable bonds is 6. The van der Waals surface area contributed by atoms with Crippen molar-refractivity contribution in [1.82, 2.24) is 5.32 Å². The summed E-state index contributed by atoms with van der Waals surface area (Å²) in [5, 5.41) is 13.0. The zero-order chi connectivity index (χ0) is 14.4. The van der Waals surface area contributed by atoms with Crippen molar-refractivity contribution in [3.8, 4) is 6.07 Å². The van der Waals surface area contributed by atoms with Gasteiger partial charge in [-0.15, -0.1) is 11.8 Å². The van der Waals surface area contributed by atoms with E-state index >= 15 is 0 Å². The quantitative estimate of drug-likeness (QED) is 0.759. The van der Waals surface area contributed by atoms with Gasteiger partial charge in [-0.05, 0) is 65.5 Å². The zero-order valence-corrected chi connectivity index (χ0v) is 14.3. The highest BCUT2D eigenvalue weighted by atomic mass is 79.9. The van der Waals surface area contributed by atoms with Gasteiger partial charge in [-0.1, -0.05) is 25.5 Å². The summed E-state index contributed by atoms with van der Waals surface area (Å²) in [6.07, 6.45) is 4.45. The Balaban J connectivity index is 1.90. The molecule has 1 aromatic rings. The Bertz CT molecular complexity index is 486. The molecule has 2 atom stereocenters.